The van der Waals surface area contributed by atoms with Crippen molar-refractivity contribution in [3.63, 3.8) is 0 Å². The number of carbonyl (C=O) groups is 2. The first kappa shape index (κ1) is 30.6. The predicted molar refractivity (Wildman–Crippen MR) is 167 cm³/mol. The van der Waals surface area contributed by atoms with E-state index in [0.29, 0.717) is 50.4 Å². The smallest absolute Gasteiger partial charge is 0.253 e. The van der Waals surface area contributed by atoms with E-state index in [1.54, 1.807) is 54.6 Å². The summed E-state index contributed by atoms with van der Waals surface area (Å²) in [5, 5.41) is 3.36. The van der Waals surface area contributed by atoms with Crippen molar-refractivity contribution in [3.05, 3.63) is 114 Å². The minimum atomic E-state index is -2.76. The number of anilines is 1. The molecule has 1 fully saturated rings. The number of nitrogens with one attached hydrogen (secondary N) is 1. The summed E-state index contributed by atoms with van der Waals surface area (Å²) < 4.78 is 62.0. The maximum absolute atomic E-state index is 15.0. The molecule has 1 saturated heterocycles. The standard InChI is InChI=1S/C35H28F4N4O3/c36-26-7-8-28(30(37)18-26)29-17-24(22-3-5-23(6-4-22)34(45)43-13-11-35(38,39)12-14-43)15-25-16-27(46-33(25)29)20-42-32(44)10-2-21-1-9-31(40)41-19-21/h1-10,15-19H,11-14,20H2,(H2,40,41)(H,42,44). The minimum absolute atomic E-state index is 0.0174. The quantitative estimate of drug-likeness (QED) is 0.146. The number of halogens is 4. The summed E-state index contributed by atoms with van der Waals surface area (Å²) in [6.07, 6.45) is 3.74. The van der Waals surface area contributed by atoms with Gasteiger partial charge in [0.2, 0.25) is 5.91 Å². The molecule has 3 heterocycles. The highest BCUT2D eigenvalue weighted by molar-refractivity contribution is 5.98. The zero-order valence-corrected chi connectivity index (χ0v) is 24.4. The van der Waals surface area contributed by atoms with E-state index >= 15 is 4.39 Å². The Morgan fingerprint density at radius 3 is 2.39 bits per heavy atom. The fraction of sp³-hybridized carbons (Fsp3) is 0.171. The summed E-state index contributed by atoms with van der Waals surface area (Å²) in [4.78, 5) is 30.8. The Kier molecular flexibility index (Phi) is 8.31. The van der Waals surface area contributed by atoms with Crippen molar-refractivity contribution >= 4 is 34.7 Å². The van der Waals surface area contributed by atoms with Gasteiger partial charge in [-0.3, -0.25) is 9.59 Å². The van der Waals surface area contributed by atoms with Crippen molar-refractivity contribution in [2.75, 3.05) is 18.8 Å². The van der Waals surface area contributed by atoms with Crippen molar-refractivity contribution in [2.45, 2.75) is 25.3 Å². The van der Waals surface area contributed by atoms with Crippen LogP contribution in [0.1, 0.15) is 34.5 Å². The molecule has 0 saturated carbocycles. The number of amides is 2. The molecule has 0 bridgehead atoms. The lowest BCUT2D eigenvalue weighted by Gasteiger charge is -2.31. The van der Waals surface area contributed by atoms with Crippen molar-refractivity contribution in [3.8, 4) is 22.3 Å². The van der Waals surface area contributed by atoms with Gasteiger partial charge in [-0.1, -0.05) is 12.1 Å². The number of pyridine rings is 1. The Labute approximate surface area is 261 Å². The maximum atomic E-state index is 15.0. The highest BCUT2D eigenvalue weighted by Crippen LogP contribution is 2.37. The highest BCUT2D eigenvalue weighted by Gasteiger charge is 2.35. The second-order valence-corrected chi connectivity index (χ2v) is 11.1. The molecule has 0 aliphatic carbocycles. The first-order chi connectivity index (χ1) is 22.0. The number of aromatic nitrogens is 1. The summed E-state index contributed by atoms with van der Waals surface area (Å²) >= 11 is 0. The molecule has 0 radical (unpaired) electrons. The fourth-order valence-electron chi connectivity index (χ4n) is 5.31. The molecule has 0 spiro atoms. The van der Waals surface area contributed by atoms with E-state index in [4.69, 9.17) is 10.2 Å². The van der Waals surface area contributed by atoms with Crippen LogP contribution >= 0.6 is 0 Å². The maximum Gasteiger partial charge on any atom is 0.253 e. The number of fused-ring (bicyclic) bond motifs is 1. The van der Waals surface area contributed by atoms with Gasteiger partial charge >= 0.3 is 0 Å². The molecule has 6 rings (SSSR count). The SMILES string of the molecule is Nc1ccc(C=CC(=O)NCc2cc3cc(-c4ccc(C(=O)N5CCC(F)(F)CC5)cc4)cc(-c4ccc(F)cc4F)c3o2)cn1. The summed E-state index contributed by atoms with van der Waals surface area (Å²) in [7, 11) is 0. The number of nitrogens with zero attached hydrogens (tertiary/aromatic N) is 2. The van der Waals surface area contributed by atoms with Gasteiger partial charge in [-0.05, 0) is 77.4 Å². The molecular formula is C35H28F4N4O3. The van der Waals surface area contributed by atoms with Crippen molar-refractivity contribution < 1.29 is 31.6 Å². The third kappa shape index (κ3) is 6.78. The number of piperidine rings is 1. The molecule has 3 N–H and O–H groups in total. The largest absolute Gasteiger partial charge is 0.459 e. The number of carbonyl (C=O) groups excluding carboxylic acids is 2. The molecule has 0 unspecified atom stereocenters. The van der Waals surface area contributed by atoms with Gasteiger partial charge < -0.3 is 20.4 Å². The summed E-state index contributed by atoms with van der Waals surface area (Å²) in [6.45, 7) is 0.00466. The lowest BCUT2D eigenvalue weighted by atomic mass is 9.95. The Morgan fingerprint density at radius 2 is 1.70 bits per heavy atom. The van der Waals surface area contributed by atoms with Crippen molar-refractivity contribution in [2.24, 2.45) is 0 Å². The van der Waals surface area contributed by atoms with Crippen LogP contribution in [0, 0.1) is 11.6 Å². The van der Waals surface area contributed by atoms with Gasteiger partial charge in [0.15, 0.2) is 0 Å². The van der Waals surface area contributed by atoms with Crippen LogP contribution in [0.25, 0.3) is 39.3 Å². The summed E-state index contributed by atoms with van der Waals surface area (Å²) in [5.41, 5.74) is 8.84. The normalized spacial score (nSPS) is 14.6. The van der Waals surface area contributed by atoms with Gasteiger partial charge in [-0.25, -0.2) is 22.5 Å². The Morgan fingerprint density at radius 1 is 0.935 bits per heavy atom. The molecule has 7 nitrogen and oxygen atoms in total. The molecule has 11 heteroatoms. The van der Waals surface area contributed by atoms with Crippen LogP contribution in [0.5, 0.6) is 0 Å². The Hall–Kier alpha value is -5.45. The topological polar surface area (TPSA) is 101 Å². The predicted octanol–water partition coefficient (Wildman–Crippen LogP) is 7.22. The van der Waals surface area contributed by atoms with Crippen molar-refractivity contribution in [1.29, 1.82) is 0 Å². The zero-order chi connectivity index (χ0) is 32.4. The first-order valence-electron chi connectivity index (χ1n) is 14.5. The number of furan rings is 1. The molecular weight excluding hydrogens is 600 g/mol. The van der Waals surface area contributed by atoms with Crippen LogP contribution in [-0.2, 0) is 11.3 Å². The Balaban J connectivity index is 1.27. The first-order valence-corrected chi connectivity index (χ1v) is 14.5. The van der Waals surface area contributed by atoms with Crippen molar-refractivity contribution in [1.82, 2.24) is 15.2 Å². The van der Waals surface area contributed by atoms with E-state index in [2.05, 4.69) is 10.3 Å². The van der Waals surface area contributed by atoms with E-state index in [1.165, 1.54) is 23.2 Å². The molecule has 2 aromatic heterocycles. The van der Waals surface area contributed by atoms with Crippen LogP contribution in [0.4, 0.5) is 23.4 Å². The summed E-state index contributed by atoms with van der Waals surface area (Å²) in [6, 6.07) is 18.6. The fourth-order valence-corrected chi connectivity index (χ4v) is 5.31. The number of nitrogen functional groups attached to an aromatic ring is 1. The Bertz CT molecular complexity index is 1940. The molecule has 1 aliphatic heterocycles. The molecule has 1 aliphatic rings. The van der Waals surface area contributed by atoms with E-state index < -0.39 is 17.6 Å². The van der Waals surface area contributed by atoms with Crippen LogP contribution in [0.3, 0.4) is 0 Å². The number of hydrogen-bond acceptors (Lipinski definition) is 5. The van der Waals surface area contributed by atoms with Gasteiger partial charge in [-0.15, -0.1) is 0 Å². The van der Waals surface area contributed by atoms with Crippen LogP contribution in [0.2, 0.25) is 0 Å². The lowest BCUT2D eigenvalue weighted by molar-refractivity contribution is -0.116. The highest BCUT2D eigenvalue weighted by atomic mass is 19.3. The van der Waals surface area contributed by atoms with E-state index in [1.807, 2.05) is 6.07 Å². The number of benzene rings is 3. The zero-order valence-electron chi connectivity index (χ0n) is 24.4. The number of hydrogen-bond donors (Lipinski definition) is 2. The molecule has 46 heavy (non-hydrogen) atoms. The minimum Gasteiger partial charge on any atom is -0.459 e. The van der Waals surface area contributed by atoms with E-state index in [0.717, 1.165) is 12.1 Å². The second kappa shape index (κ2) is 12.5. The molecule has 5 aromatic rings. The number of likely N-dealkylation sites (tertiary alicyclic amines) is 1. The van der Waals surface area contributed by atoms with E-state index in [9.17, 15) is 22.8 Å². The monoisotopic (exact) mass is 628 g/mol. The number of rotatable bonds is 7. The van der Waals surface area contributed by atoms with Gasteiger partial charge in [-0.2, -0.15) is 0 Å². The van der Waals surface area contributed by atoms with Crippen LogP contribution in [-0.4, -0.2) is 40.7 Å². The average molecular weight is 629 g/mol. The van der Waals surface area contributed by atoms with Crippen LogP contribution in [0.15, 0.2) is 89.5 Å². The third-order valence-electron chi connectivity index (χ3n) is 7.81. The second-order valence-electron chi connectivity index (χ2n) is 11.1. The van der Waals surface area contributed by atoms with Gasteiger partial charge in [0.05, 0.1) is 6.54 Å². The molecule has 0 atom stereocenters. The number of nitrogens with two attached hydrogens (primary N) is 1. The lowest BCUT2D eigenvalue weighted by Crippen LogP contribution is -2.42. The van der Waals surface area contributed by atoms with E-state index in [-0.39, 0.29) is 49.9 Å². The van der Waals surface area contributed by atoms with Gasteiger partial charge in [0.1, 0.15) is 28.8 Å². The molecule has 3 aromatic carbocycles. The van der Waals surface area contributed by atoms with Gasteiger partial charge in [0.25, 0.3) is 11.8 Å². The average Bonchev–Trinajstić information content (AvgIpc) is 3.46. The van der Waals surface area contributed by atoms with Gasteiger partial charge in [0, 0.05) is 66.3 Å². The van der Waals surface area contributed by atoms with Crippen LogP contribution < -0.4 is 11.1 Å². The summed E-state index contributed by atoms with van der Waals surface area (Å²) in [5.74, 6) is -4.20. The number of alkyl halides is 2. The molecule has 234 valence electrons. The third-order valence-corrected chi connectivity index (χ3v) is 7.81. The molecule has 2 amide bonds.